The van der Waals surface area contributed by atoms with Crippen LogP contribution in [0.1, 0.15) is 16.7 Å². The zero-order valence-electron chi connectivity index (χ0n) is 19.3. The Morgan fingerprint density at radius 1 is 0.657 bits per heavy atom. The molecule has 5 heteroatoms. The van der Waals surface area contributed by atoms with Crippen molar-refractivity contribution in [2.24, 2.45) is 4.99 Å². The summed E-state index contributed by atoms with van der Waals surface area (Å²) in [6.07, 6.45) is 1.84. The third kappa shape index (κ3) is 4.29. The molecule has 0 radical (unpaired) electrons. The molecule has 0 aliphatic heterocycles. The Kier molecular flexibility index (Phi) is 5.10. The Balaban J connectivity index is 1.17. The SMILES string of the molecule is Cc1ccc2oc(-c3ccc(C=C=Nc4ccc(-c5nc6cc(C)ccc6o5)cc4)cc3)nc2c1. The number of aliphatic imine (C=N–C) groups is 1. The van der Waals surface area contributed by atoms with Crippen LogP contribution in [0.25, 0.3) is 51.2 Å². The van der Waals surface area contributed by atoms with Crippen LogP contribution in [0.3, 0.4) is 0 Å². The Labute approximate surface area is 202 Å². The minimum Gasteiger partial charge on any atom is -0.436 e. The topological polar surface area (TPSA) is 64.4 Å². The van der Waals surface area contributed by atoms with Gasteiger partial charge in [-0.1, -0.05) is 24.3 Å². The van der Waals surface area contributed by atoms with E-state index < -0.39 is 0 Å². The van der Waals surface area contributed by atoms with Crippen molar-refractivity contribution in [1.29, 1.82) is 0 Å². The zero-order valence-corrected chi connectivity index (χ0v) is 19.3. The highest BCUT2D eigenvalue weighted by Crippen LogP contribution is 2.27. The number of benzene rings is 4. The van der Waals surface area contributed by atoms with Gasteiger partial charge in [-0.05, 0) is 97.1 Å². The molecule has 0 bridgehead atoms. The first-order valence-electron chi connectivity index (χ1n) is 11.4. The lowest BCUT2D eigenvalue weighted by atomic mass is 10.1. The Morgan fingerprint density at radius 2 is 1.17 bits per heavy atom. The number of fused-ring (bicyclic) bond motifs is 2. The fraction of sp³-hybridized carbons (Fsp3) is 0.0667. The van der Waals surface area contributed by atoms with E-state index in [1.807, 2.05) is 105 Å². The van der Waals surface area contributed by atoms with Gasteiger partial charge in [0, 0.05) is 17.2 Å². The van der Waals surface area contributed by atoms with Crippen molar-refractivity contribution in [2.75, 3.05) is 0 Å². The lowest BCUT2D eigenvalue weighted by Gasteiger charge is -1.96. The molecule has 35 heavy (non-hydrogen) atoms. The minimum absolute atomic E-state index is 0.603. The van der Waals surface area contributed by atoms with Gasteiger partial charge >= 0.3 is 0 Å². The smallest absolute Gasteiger partial charge is 0.227 e. The van der Waals surface area contributed by atoms with Crippen LogP contribution in [0.15, 0.2) is 98.8 Å². The van der Waals surface area contributed by atoms with E-state index in [9.17, 15) is 0 Å². The maximum Gasteiger partial charge on any atom is 0.227 e. The Hall–Kier alpha value is -4.73. The van der Waals surface area contributed by atoms with Crippen LogP contribution in [0, 0.1) is 13.8 Å². The quantitative estimate of drug-likeness (QED) is 0.253. The van der Waals surface area contributed by atoms with E-state index in [1.165, 1.54) is 0 Å². The molecular formula is C30H21N3O2. The second-order valence-corrected chi connectivity index (χ2v) is 8.53. The molecule has 0 unspecified atom stereocenters. The number of aryl methyl sites for hydroxylation is 2. The summed E-state index contributed by atoms with van der Waals surface area (Å²) in [4.78, 5) is 13.6. The van der Waals surface area contributed by atoms with Crippen molar-refractivity contribution in [3.05, 3.63) is 102 Å². The van der Waals surface area contributed by atoms with Crippen LogP contribution in [-0.4, -0.2) is 15.8 Å². The average molecular weight is 456 g/mol. The molecule has 0 amide bonds. The van der Waals surface area contributed by atoms with Gasteiger partial charge in [0.15, 0.2) is 11.2 Å². The molecule has 5 nitrogen and oxygen atoms in total. The largest absolute Gasteiger partial charge is 0.436 e. The molecular weight excluding hydrogens is 434 g/mol. The Morgan fingerprint density at radius 3 is 1.71 bits per heavy atom. The van der Waals surface area contributed by atoms with Gasteiger partial charge in [0.1, 0.15) is 11.0 Å². The van der Waals surface area contributed by atoms with Crippen LogP contribution in [-0.2, 0) is 0 Å². The number of hydrogen-bond donors (Lipinski definition) is 0. The van der Waals surface area contributed by atoms with E-state index >= 15 is 0 Å². The summed E-state index contributed by atoms with van der Waals surface area (Å²) < 4.78 is 11.8. The molecule has 6 aromatic rings. The summed E-state index contributed by atoms with van der Waals surface area (Å²) in [7, 11) is 0. The van der Waals surface area contributed by atoms with Crippen molar-refractivity contribution in [1.82, 2.24) is 9.97 Å². The lowest BCUT2D eigenvalue weighted by molar-refractivity contribution is 0.619. The monoisotopic (exact) mass is 455 g/mol. The van der Waals surface area contributed by atoms with Crippen molar-refractivity contribution in [3.8, 4) is 22.9 Å². The van der Waals surface area contributed by atoms with E-state index in [1.54, 1.807) is 0 Å². The molecule has 0 aliphatic rings. The Bertz CT molecular complexity index is 1610. The van der Waals surface area contributed by atoms with Gasteiger partial charge in [0.25, 0.3) is 0 Å². The summed E-state index contributed by atoms with van der Waals surface area (Å²) >= 11 is 0. The van der Waals surface area contributed by atoms with Gasteiger partial charge in [0.05, 0.1) is 5.69 Å². The fourth-order valence-corrected chi connectivity index (χ4v) is 3.90. The van der Waals surface area contributed by atoms with Gasteiger partial charge in [-0.2, -0.15) is 0 Å². The molecule has 4 aromatic carbocycles. The first-order valence-corrected chi connectivity index (χ1v) is 11.4. The molecule has 0 aliphatic carbocycles. The van der Waals surface area contributed by atoms with Crippen molar-refractivity contribution < 1.29 is 8.83 Å². The standard InChI is InChI=1S/C30H21N3O2/c1-19-3-13-27-25(17-19)32-29(34-27)22-7-5-21(6-8-22)15-16-31-24-11-9-23(10-12-24)30-33-26-18-20(2)4-14-28(26)35-30/h3-15,17-18H,1-2H3. The summed E-state index contributed by atoms with van der Waals surface area (Å²) in [5.41, 5.74) is 9.25. The highest BCUT2D eigenvalue weighted by atomic mass is 16.4. The third-order valence-electron chi connectivity index (χ3n) is 5.78. The normalized spacial score (nSPS) is 11.0. The molecule has 0 saturated carbocycles. The highest BCUT2D eigenvalue weighted by molar-refractivity contribution is 5.81. The first-order chi connectivity index (χ1) is 17.1. The van der Waals surface area contributed by atoms with E-state index in [-0.39, 0.29) is 0 Å². The molecule has 2 aromatic heterocycles. The molecule has 0 atom stereocenters. The molecule has 6 rings (SSSR count). The highest BCUT2D eigenvalue weighted by Gasteiger charge is 2.09. The van der Waals surface area contributed by atoms with Crippen LogP contribution >= 0.6 is 0 Å². The van der Waals surface area contributed by atoms with E-state index in [0.29, 0.717) is 11.8 Å². The molecule has 168 valence electrons. The predicted molar refractivity (Wildman–Crippen MR) is 140 cm³/mol. The van der Waals surface area contributed by atoms with Crippen molar-refractivity contribution in [2.45, 2.75) is 13.8 Å². The predicted octanol–water partition coefficient (Wildman–Crippen LogP) is 7.93. The second kappa shape index (κ2) is 8.56. The van der Waals surface area contributed by atoms with Gasteiger partial charge in [-0.3, -0.25) is 0 Å². The fourth-order valence-electron chi connectivity index (χ4n) is 3.90. The first kappa shape index (κ1) is 20.8. The number of rotatable bonds is 4. The van der Waals surface area contributed by atoms with Crippen LogP contribution in [0.4, 0.5) is 5.69 Å². The summed E-state index contributed by atoms with van der Waals surface area (Å²) in [5, 5.41) is 0. The molecule has 0 saturated heterocycles. The maximum absolute atomic E-state index is 5.89. The van der Waals surface area contributed by atoms with E-state index in [2.05, 4.69) is 20.8 Å². The molecule has 0 fully saturated rings. The second-order valence-electron chi connectivity index (χ2n) is 8.53. The van der Waals surface area contributed by atoms with Gasteiger partial charge < -0.3 is 8.83 Å². The number of hydrogen-bond acceptors (Lipinski definition) is 5. The van der Waals surface area contributed by atoms with E-state index in [4.69, 9.17) is 8.83 Å². The van der Waals surface area contributed by atoms with Crippen molar-refractivity contribution >= 4 is 39.8 Å². The number of oxazole rings is 2. The third-order valence-corrected chi connectivity index (χ3v) is 5.78. The minimum atomic E-state index is 0.603. The molecule has 0 N–H and O–H groups in total. The number of nitrogens with zero attached hydrogens (tertiary/aromatic N) is 3. The molecule has 0 spiro atoms. The number of aromatic nitrogens is 2. The zero-order chi connectivity index (χ0) is 23.8. The molecule has 2 heterocycles. The van der Waals surface area contributed by atoms with E-state index in [0.717, 1.165) is 55.7 Å². The summed E-state index contributed by atoms with van der Waals surface area (Å²) in [6.45, 7) is 4.09. The van der Waals surface area contributed by atoms with Gasteiger partial charge in [-0.25, -0.2) is 15.0 Å². The van der Waals surface area contributed by atoms with Crippen LogP contribution in [0.2, 0.25) is 0 Å². The van der Waals surface area contributed by atoms with Gasteiger partial charge in [-0.15, -0.1) is 0 Å². The lowest BCUT2D eigenvalue weighted by Crippen LogP contribution is -1.78. The maximum atomic E-state index is 5.89. The van der Waals surface area contributed by atoms with Gasteiger partial charge in [0.2, 0.25) is 11.8 Å². The average Bonchev–Trinajstić information content (AvgIpc) is 3.48. The van der Waals surface area contributed by atoms with Crippen LogP contribution in [0.5, 0.6) is 0 Å². The summed E-state index contributed by atoms with van der Waals surface area (Å²) in [5.74, 6) is 4.23. The van der Waals surface area contributed by atoms with Crippen molar-refractivity contribution in [3.63, 3.8) is 0 Å². The summed E-state index contributed by atoms with van der Waals surface area (Å²) in [6, 6.07) is 27.7. The van der Waals surface area contributed by atoms with Crippen LogP contribution < -0.4 is 0 Å².